The van der Waals surface area contributed by atoms with E-state index in [0.29, 0.717) is 6.42 Å². The van der Waals surface area contributed by atoms with Gasteiger partial charge in [0, 0.05) is 16.6 Å². The molecular formula is C11H15ClFNO2S. The van der Waals surface area contributed by atoms with E-state index in [1.807, 2.05) is 6.92 Å². The van der Waals surface area contributed by atoms with Crippen LogP contribution in [0.5, 0.6) is 0 Å². The standard InChI is InChI=1S/C11H15ClFNO2S/c1-3-8(2)14-17(15,16)7-9-10(12)5-4-6-11(9)13/h4-6,8,14H,3,7H2,1-2H3/t8-/m0/s1. The predicted molar refractivity (Wildman–Crippen MR) is 66.9 cm³/mol. The monoisotopic (exact) mass is 279 g/mol. The zero-order chi connectivity index (χ0) is 13.1. The number of benzene rings is 1. The van der Waals surface area contributed by atoms with Gasteiger partial charge in [-0.2, -0.15) is 0 Å². The van der Waals surface area contributed by atoms with Gasteiger partial charge >= 0.3 is 0 Å². The summed E-state index contributed by atoms with van der Waals surface area (Å²) in [6.07, 6.45) is 0.671. The highest BCUT2D eigenvalue weighted by Crippen LogP contribution is 2.21. The van der Waals surface area contributed by atoms with Crippen molar-refractivity contribution in [2.75, 3.05) is 0 Å². The normalized spacial score (nSPS) is 13.6. The van der Waals surface area contributed by atoms with E-state index in [9.17, 15) is 12.8 Å². The number of halogens is 2. The van der Waals surface area contributed by atoms with Gasteiger partial charge in [-0.15, -0.1) is 0 Å². The van der Waals surface area contributed by atoms with Crippen molar-refractivity contribution in [1.82, 2.24) is 4.72 Å². The van der Waals surface area contributed by atoms with Crippen LogP contribution in [0.2, 0.25) is 5.02 Å². The maximum atomic E-state index is 13.4. The van der Waals surface area contributed by atoms with Gasteiger partial charge in [-0.05, 0) is 25.5 Å². The molecule has 1 rings (SSSR count). The Morgan fingerprint density at radius 3 is 2.65 bits per heavy atom. The first-order valence-electron chi connectivity index (χ1n) is 5.28. The van der Waals surface area contributed by atoms with Gasteiger partial charge < -0.3 is 0 Å². The molecule has 0 aliphatic heterocycles. The summed E-state index contributed by atoms with van der Waals surface area (Å²) in [7, 11) is -3.57. The molecule has 0 spiro atoms. The molecule has 1 N–H and O–H groups in total. The Hall–Kier alpha value is -0.650. The molecule has 0 amide bonds. The summed E-state index contributed by atoms with van der Waals surface area (Å²) in [6.45, 7) is 3.61. The predicted octanol–water partition coefficient (Wildman–Crippen LogP) is 2.70. The Balaban J connectivity index is 2.91. The first-order chi connectivity index (χ1) is 7.85. The smallest absolute Gasteiger partial charge is 0.212 e. The number of sulfonamides is 1. The van der Waals surface area contributed by atoms with Crippen molar-refractivity contribution in [3.8, 4) is 0 Å². The van der Waals surface area contributed by atoms with Crippen molar-refractivity contribution < 1.29 is 12.8 Å². The Kier molecular flexibility index (Phi) is 4.91. The summed E-state index contributed by atoms with van der Waals surface area (Å²) in [4.78, 5) is 0. The minimum absolute atomic E-state index is 0.00460. The molecule has 0 heterocycles. The highest BCUT2D eigenvalue weighted by atomic mass is 35.5. The molecular weight excluding hydrogens is 265 g/mol. The van der Waals surface area contributed by atoms with Crippen LogP contribution in [0.15, 0.2) is 18.2 Å². The fraction of sp³-hybridized carbons (Fsp3) is 0.455. The SMILES string of the molecule is CC[C@H](C)NS(=O)(=O)Cc1c(F)cccc1Cl. The fourth-order valence-electron chi connectivity index (χ4n) is 1.29. The van der Waals surface area contributed by atoms with Gasteiger partial charge in [0.15, 0.2) is 0 Å². The lowest BCUT2D eigenvalue weighted by Gasteiger charge is -2.13. The van der Waals surface area contributed by atoms with E-state index in [2.05, 4.69) is 4.72 Å². The average Bonchev–Trinajstić information content (AvgIpc) is 2.23. The third-order valence-corrected chi connectivity index (χ3v) is 4.17. The third-order valence-electron chi connectivity index (χ3n) is 2.39. The molecule has 3 nitrogen and oxygen atoms in total. The molecule has 6 heteroatoms. The number of hydrogen-bond donors (Lipinski definition) is 1. The highest BCUT2D eigenvalue weighted by molar-refractivity contribution is 7.88. The number of hydrogen-bond acceptors (Lipinski definition) is 2. The summed E-state index contributed by atoms with van der Waals surface area (Å²) >= 11 is 5.77. The lowest BCUT2D eigenvalue weighted by Crippen LogP contribution is -2.33. The highest BCUT2D eigenvalue weighted by Gasteiger charge is 2.18. The molecule has 0 aromatic heterocycles. The quantitative estimate of drug-likeness (QED) is 0.901. The summed E-state index contributed by atoms with van der Waals surface area (Å²) in [5, 5.41) is 0.125. The molecule has 0 fully saturated rings. The van der Waals surface area contributed by atoms with Gasteiger partial charge in [-0.25, -0.2) is 17.5 Å². The number of nitrogens with one attached hydrogen (secondary N) is 1. The van der Waals surface area contributed by atoms with E-state index < -0.39 is 21.6 Å². The Morgan fingerprint density at radius 1 is 1.47 bits per heavy atom. The van der Waals surface area contributed by atoms with E-state index in [1.165, 1.54) is 18.2 Å². The first-order valence-corrected chi connectivity index (χ1v) is 7.31. The maximum Gasteiger partial charge on any atom is 0.216 e. The summed E-state index contributed by atoms with van der Waals surface area (Å²) in [5.41, 5.74) is 0.00460. The molecule has 0 aliphatic carbocycles. The summed E-state index contributed by atoms with van der Waals surface area (Å²) in [5.74, 6) is -1.05. The second-order valence-corrected chi connectivity index (χ2v) is 6.05. The van der Waals surface area contributed by atoms with Crippen molar-refractivity contribution in [2.45, 2.75) is 32.1 Å². The molecule has 0 saturated carbocycles. The molecule has 0 unspecified atom stereocenters. The van der Waals surface area contributed by atoms with Crippen LogP contribution in [-0.4, -0.2) is 14.5 Å². The van der Waals surface area contributed by atoms with Crippen molar-refractivity contribution in [2.24, 2.45) is 0 Å². The molecule has 17 heavy (non-hydrogen) atoms. The van der Waals surface area contributed by atoms with Crippen LogP contribution in [0.4, 0.5) is 4.39 Å². The van der Waals surface area contributed by atoms with E-state index in [4.69, 9.17) is 11.6 Å². The van der Waals surface area contributed by atoms with Gasteiger partial charge in [-0.3, -0.25) is 0 Å². The fourth-order valence-corrected chi connectivity index (χ4v) is 3.14. The van der Waals surface area contributed by atoms with Crippen LogP contribution in [0, 0.1) is 5.82 Å². The largest absolute Gasteiger partial charge is 0.216 e. The molecule has 0 bridgehead atoms. The molecule has 0 radical (unpaired) electrons. The molecule has 0 aliphatic rings. The van der Waals surface area contributed by atoms with Crippen molar-refractivity contribution in [1.29, 1.82) is 0 Å². The van der Waals surface area contributed by atoms with Gasteiger partial charge in [-0.1, -0.05) is 24.6 Å². The lowest BCUT2D eigenvalue weighted by molar-refractivity contribution is 0.551. The number of rotatable bonds is 5. The first kappa shape index (κ1) is 14.4. The van der Waals surface area contributed by atoms with Gasteiger partial charge in [0.2, 0.25) is 10.0 Å². The Labute approximate surface area is 106 Å². The van der Waals surface area contributed by atoms with Gasteiger partial charge in [0.05, 0.1) is 5.75 Å². The van der Waals surface area contributed by atoms with Gasteiger partial charge in [0.25, 0.3) is 0 Å². The molecule has 1 aromatic carbocycles. The maximum absolute atomic E-state index is 13.4. The minimum Gasteiger partial charge on any atom is -0.212 e. The lowest BCUT2D eigenvalue weighted by atomic mass is 10.2. The van der Waals surface area contributed by atoms with Crippen molar-refractivity contribution in [3.63, 3.8) is 0 Å². The minimum atomic E-state index is -3.57. The Morgan fingerprint density at radius 2 is 2.12 bits per heavy atom. The molecule has 1 aromatic rings. The van der Waals surface area contributed by atoms with Crippen LogP contribution in [0.25, 0.3) is 0 Å². The average molecular weight is 280 g/mol. The van der Waals surface area contributed by atoms with Crippen LogP contribution >= 0.6 is 11.6 Å². The van der Waals surface area contributed by atoms with Crippen molar-refractivity contribution in [3.05, 3.63) is 34.6 Å². The molecule has 96 valence electrons. The van der Waals surface area contributed by atoms with Crippen LogP contribution in [-0.2, 0) is 15.8 Å². The van der Waals surface area contributed by atoms with E-state index in [-0.39, 0.29) is 16.6 Å². The molecule has 0 saturated heterocycles. The van der Waals surface area contributed by atoms with E-state index in [0.717, 1.165) is 0 Å². The van der Waals surface area contributed by atoms with E-state index in [1.54, 1.807) is 6.92 Å². The summed E-state index contributed by atoms with van der Waals surface area (Å²) in [6, 6.07) is 3.93. The zero-order valence-electron chi connectivity index (χ0n) is 9.70. The van der Waals surface area contributed by atoms with Crippen LogP contribution < -0.4 is 4.72 Å². The second-order valence-electron chi connectivity index (χ2n) is 3.89. The summed E-state index contributed by atoms with van der Waals surface area (Å²) < 4.78 is 39.4. The van der Waals surface area contributed by atoms with Crippen LogP contribution in [0.3, 0.4) is 0 Å². The van der Waals surface area contributed by atoms with Crippen molar-refractivity contribution >= 4 is 21.6 Å². The zero-order valence-corrected chi connectivity index (χ0v) is 11.3. The van der Waals surface area contributed by atoms with E-state index >= 15 is 0 Å². The van der Waals surface area contributed by atoms with Gasteiger partial charge in [0.1, 0.15) is 5.82 Å². The second kappa shape index (κ2) is 5.80. The third kappa shape index (κ3) is 4.26. The molecule has 1 atom stereocenters. The Bertz CT molecular complexity index is 470. The topological polar surface area (TPSA) is 46.2 Å². The van der Waals surface area contributed by atoms with Crippen LogP contribution in [0.1, 0.15) is 25.8 Å².